The lowest BCUT2D eigenvalue weighted by Gasteiger charge is -2.42. The maximum Gasteiger partial charge on any atom is 0.409 e. The van der Waals surface area contributed by atoms with Gasteiger partial charge in [0.15, 0.2) is 17.5 Å². The lowest BCUT2D eigenvalue weighted by atomic mass is 10.0. The zero-order valence-electron chi connectivity index (χ0n) is 15.8. The molecule has 0 N–H and O–H groups in total. The summed E-state index contributed by atoms with van der Waals surface area (Å²) in [7, 11) is 0. The third-order valence-corrected chi connectivity index (χ3v) is 5.37. The lowest BCUT2D eigenvalue weighted by Crippen LogP contribution is -2.54. The maximum absolute atomic E-state index is 13.9. The number of carbonyl (C=O) groups excluding carboxylic acids is 2. The number of likely N-dealkylation sites (tertiary alicyclic amines) is 1. The first-order valence-electron chi connectivity index (χ1n) is 9.51. The van der Waals surface area contributed by atoms with Crippen molar-refractivity contribution in [3.05, 3.63) is 35.1 Å². The quantitative estimate of drug-likeness (QED) is 0.733. The van der Waals surface area contributed by atoms with E-state index in [9.17, 15) is 22.8 Å². The topological polar surface area (TPSA) is 53.1 Å². The van der Waals surface area contributed by atoms with Crippen molar-refractivity contribution in [2.24, 2.45) is 0 Å². The largest absolute Gasteiger partial charge is 0.450 e. The summed E-state index contributed by atoms with van der Waals surface area (Å²) in [5.74, 6) is -5.02. The van der Waals surface area contributed by atoms with E-state index < -0.39 is 28.9 Å². The molecule has 1 aromatic carbocycles. The van der Waals surface area contributed by atoms with Crippen LogP contribution in [-0.4, -0.2) is 78.6 Å². The molecule has 2 aliphatic heterocycles. The Balaban J connectivity index is 1.52. The van der Waals surface area contributed by atoms with Crippen molar-refractivity contribution >= 4 is 12.0 Å². The van der Waals surface area contributed by atoms with Crippen LogP contribution >= 0.6 is 0 Å². The van der Waals surface area contributed by atoms with Gasteiger partial charge in [-0.05, 0) is 31.9 Å². The Labute approximate surface area is 161 Å². The minimum Gasteiger partial charge on any atom is -0.450 e. The summed E-state index contributed by atoms with van der Waals surface area (Å²) in [6.07, 6.45) is 1.36. The molecule has 0 atom stereocenters. The molecule has 28 heavy (non-hydrogen) atoms. The van der Waals surface area contributed by atoms with Gasteiger partial charge in [-0.25, -0.2) is 18.0 Å². The number of benzene rings is 1. The fourth-order valence-electron chi connectivity index (χ4n) is 3.78. The van der Waals surface area contributed by atoms with Gasteiger partial charge in [0.2, 0.25) is 0 Å². The van der Waals surface area contributed by atoms with Crippen LogP contribution in [-0.2, 0) is 4.74 Å². The fraction of sp³-hybridized carbons (Fsp3) is 0.579. The third-order valence-electron chi connectivity index (χ3n) is 5.37. The van der Waals surface area contributed by atoms with Crippen molar-refractivity contribution in [1.82, 2.24) is 14.7 Å². The van der Waals surface area contributed by atoms with Crippen LogP contribution in [0.15, 0.2) is 12.1 Å². The van der Waals surface area contributed by atoms with Crippen molar-refractivity contribution in [2.75, 3.05) is 45.9 Å². The number of piperazine rings is 1. The molecule has 2 heterocycles. The standard InChI is InChI=1S/C19H24F3N3O3/c1-2-28-19(27)25-7-5-13(6-8-25)23-9-11-24(12-10-23)18(26)14-3-4-15(20)17(22)16(14)21/h3-4,13H,2,5-12H2,1H3. The van der Waals surface area contributed by atoms with Gasteiger partial charge < -0.3 is 14.5 Å². The van der Waals surface area contributed by atoms with E-state index in [1.165, 1.54) is 4.90 Å². The van der Waals surface area contributed by atoms with Crippen molar-refractivity contribution in [2.45, 2.75) is 25.8 Å². The summed E-state index contributed by atoms with van der Waals surface area (Å²) in [4.78, 5) is 29.7. The summed E-state index contributed by atoms with van der Waals surface area (Å²) in [5.41, 5.74) is -0.449. The lowest BCUT2D eigenvalue weighted by molar-refractivity contribution is 0.0414. The number of halogens is 3. The van der Waals surface area contributed by atoms with Crippen LogP contribution in [0.25, 0.3) is 0 Å². The van der Waals surface area contributed by atoms with Crippen LogP contribution in [0.3, 0.4) is 0 Å². The zero-order valence-corrected chi connectivity index (χ0v) is 15.8. The molecule has 154 valence electrons. The smallest absolute Gasteiger partial charge is 0.409 e. The van der Waals surface area contributed by atoms with E-state index in [1.54, 1.807) is 11.8 Å². The normalized spacial score (nSPS) is 19.0. The Morgan fingerprint density at radius 2 is 1.61 bits per heavy atom. The first kappa shape index (κ1) is 20.4. The van der Waals surface area contributed by atoms with E-state index in [0.717, 1.165) is 25.0 Å². The molecule has 1 aromatic rings. The molecule has 2 aliphatic rings. The van der Waals surface area contributed by atoms with Gasteiger partial charge in [0.1, 0.15) is 0 Å². The van der Waals surface area contributed by atoms with E-state index >= 15 is 0 Å². The first-order valence-corrected chi connectivity index (χ1v) is 9.51. The van der Waals surface area contributed by atoms with Crippen LogP contribution < -0.4 is 0 Å². The molecule has 0 spiro atoms. The Morgan fingerprint density at radius 3 is 2.21 bits per heavy atom. The van der Waals surface area contributed by atoms with Gasteiger partial charge in [0, 0.05) is 45.3 Å². The molecule has 3 rings (SSSR count). The Morgan fingerprint density at radius 1 is 0.964 bits per heavy atom. The fourth-order valence-corrected chi connectivity index (χ4v) is 3.78. The predicted molar refractivity (Wildman–Crippen MR) is 95.4 cm³/mol. The summed E-state index contributed by atoms with van der Waals surface area (Å²) in [6.45, 7) is 5.38. The van der Waals surface area contributed by atoms with Crippen molar-refractivity contribution < 1.29 is 27.5 Å². The number of piperidine rings is 1. The van der Waals surface area contributed by atoms with E-state index in [0.29, 0.717) is 51.9 Å². The molecule has 2 saturated heterocycles. The molecule has 0 unspecified atom stereocenters. The van der Waals surface area contributed by atoms with Crippen LogP contribution in [0.4, 0.5) is 18.0 Å². The van der Waals surface area contributed by atoms with Crippen LogP contribution in [0.5, 0.6) is 0 Å². The number of nitrogens with zero attached hydrogens (tertiary/aromatic N) is 3. The van der Waals surface area contributed by atoms with Gasteiger partial charge in [-0.15, -0.1) is 0 Å². The summed E-state index contributed by atoms with van der Waals surface area (Å²) in [5, 5.41) is 0. The molecule has 9 heteroatoms. The monoisotopic (exact) mass is 399 g/mol. The second-order valence-electron chi connectivity index (χ2n) is 6.97. The van der Waals surface area contributed by atoms with E-state index in [1.807, 2.05) is 0 Å². The number of amides is 2. The SMILES string of the molecule is CCOC(=O)N1CCC(N2CCN(C(=O)c3ccc(F)c(F)c3F)CC2)CC1. The first-order chi connectivity index (χ1) is 13.4. The number of rotatable bonds is 3. The maximum atomic E-state index is 13.9. The highest BCUT2D eigenvalue weighted by molar-refractivity contribution is 5.94. The van der Waals surface area contributed by atoms with E-state index in [-0.39, 0.29) is 6.09 Å². The summed E-state index contributed by atoms with van der Waals surface area (Å²) in [6, 6.07) is 2.05. The highest BCUT2D eigenvalue weighted by Crippen LogP contribution is 2.21. The van der Waals surface area contributed by atoms with Crippen LogP contribution in [0.1, 0.15) is 30.1 Å². The zero-order chi connectivity index (χ0) is 20.3. The molecule has 2 fully saturated rings. The molecule has 2 amide bonds. The average molecular weight is 399 g/mol. The number of hydrogen-bond acceptors (Lipinski definition) is 4. The second kappa shape index (κ2) is 8.81. The van der Waals surface area contributed by atoms with Crippen molar-refractivity contribution in [3.63, 3.8) is 0 Å². The summed E-state index contributed by atoms with van der Waals surface area (Å²) < 4.78 is 45.4. The van der Waals surface area contributed by atoms with Gasteiger partial charge >= 0.3 is 6.09 Å². The molecular formula is C19H24F3N3O3. The number of carbonyl (C=O) groups is 2. The number of ether oxygens (including phenoxy) is 1. The van der Waals surface area contributed by atoms with Gasteiger partial charge in [-0.3, -0.25) is 9.69 Å². The van der Waals surface area contributed by atoms with Gasteiger partial charge in [-0.2, -0.15) is 0 Å². The average Bonchev–Trinajstić information content (AvgIpc) is 2.72. The molecule has 0 radical (unpaired) electrons. The van der Waals surface area contributed by atoms with Gasteiger partial charge in [0.05, 0.1) is 12.2 Å². The van der Waals surface area contributed by atoms with Crippen molar-refractivity contribution in [1.29, 1.82) is 0 Å². The molecule has 0 saturated carbocycles. The van der Waals surface area contributed by atoms with Crippen LogP contribution in [0, 0.1) is 17.5 Å². The predicted octanol–water partition coefficient (Wildman–Crippen LogP) is 2.48. The Kier molecular flexibility index (Phi) is 6.43. The molecule has 6 nitrogen and oxygen atoms in total. The Hall–Kier alpha value is -2.29. The molecular weight excluding hydrogens is 375 g/mol. The van der Waals surface area contributed by atoms with Gasteiger partial charge in [0.25, 0.3) is 5.91 Å². The minimum atomic E-state index is -1.63. The van der Waals surface area contributed by atoms with E-state index in [2.05, 4.69) is 4.90 Å². The third kappa shape index (κ3) is 4.24. The molecule has 0 aliphatic carbocycles. The van der Waals surface area contributed by atoms with Crippen LogP contribution in [0.2, 0.25) is 0 Å². The molecule has 0 bridgehead atoms. The summed E-state index contributed by atoms with van der Waals surface area (Å²) >= 11 is 0. The van der Waals surface area contributed by atoms with Gasteiger partial charge in [-0.1, -0.05) is 0 Å². The number of hydrogen-bond donors (Lipinski definition) is 0. The highest BCUT2D eigenvalue weighted by Gasteiger charge is 2.31. The minimum absolute atomic E-state index is 0.287. The van der Waals surface area contributed by atoms with E-state index in [4.69, 9.17) is 4.74 Å². The second-order valence-corrected chi connectivity index (χ2v) is 6.97. The van der Waals surface area contributed by atoms with Crippen molar-refractivity contribution in [3.8, 4) is 0 Å². The Bertz CT molecular complexity index is 731. The molecule has 0 aromatic heterocycles. The highest BCUT2D eigenvalue weighted by atomic mass is 19.2.